The van der Waals surface area contributed by atoms with E-state index in [1.165, 1.54) is 12.3 Å². The van der Waals surface area contributed by atoms with Gasteiger partial charge in [0.1, 0.15) is 23.5 Å². The summed E-state index contributed by atoms with van der Waals surface area (Å²) in [5.41, 5.74) is 2.20. The van der Waals surface area contributed by atoms with Gasteiger partial charge in [-0.15, -0.1) is 0 Å². The highest BCUT2D eigenvalue weighted by Crippen LogP contribution is 2.48. The Balaban J connectivity index is 1.31. The highest BCUT2D eigenvalue weighted by Gasteiger charge is 2.51. The molecule has 2 aromatic carbocycles. The molecule has 9 nitrogen and oxygen atoms in total. The fourth-order valence-electron chi connectivity index (χ4n) is 4.32. The van der Waals surface area contributed by atoms with Crippen LogP contribution in [0.3, 0.4) is 0 Å². The molecule has 0 amide bonds. The van der Waals surface area contributed by atoms with Crippen molar-refractivity contribution in [2.24, 2.45) is 0 Å². The van der Waals surface area contributed by atoms with Gasteiger partial charge in [-0.05, 0) is 42.7 Å². The molecule has 1 fully saturated rings. The van der Waals surface area contributed by atoms with Crippen LogP contribution in [-0.4, -0.2) is 36.0 Å². The molecular formula is C27H20F2N6O3. The zero-order valence-corrected chi connectivity index (χ0v) is 19.8. The molecule has 5 aromatic rings. The van der Waals surface area contributed by atoms with Crippen LogP contribution in [0.1, 0.15) is 24.0 Å². The van der Waals surface area contributed by atoms with Crippen LogP contribution in [0.25, 0.3) is 22.9 Å². The predicted molar refractivity (Wildman–Crippen MR) is 132 cm³/mol. The fraction of sp³-hybridized carbons (Fsp3) is 0.148. The van der Waals surface area contributed by atoms with E-state index in [1.54, 1.807) is 59.3 Å². The van der Waals surface area contributed by atoms with Crippen LogP contribution in [0.4, 0.5) is 20.3 Å². The summed E-state index contributed by atoms with van der Waals surface area (Å²) in [7, 11) is 0. The first-order valence-corrected chi connectivity index (χ1v) is 11.8. The van der Waals surface area contributed by atoms with Gasteiger partial charge < -0.3 is 14.9 Å². The third-order valence-corrected chi connectivity index (χ3v) is 6.59. The molecule has 3 aromatic heterocycles. The van der Waals surface area contributed by atoms with Crippen molar-refractivity contribution in [2.75, 3.05) is 5.32 Å². The zero-order valence-electron chi connectivity index (χ0n) is 19.8. The Bertz CT molecular complexity index is 1630. The number of hydrogen-bond acceptors (Lipinski definition) is 7. The van der Waals surface area contributed by atoms with Crippen molar-refractivity contribution in [2.45, 2.75) is 24.8 Å². The van der Waals surface area contributed by atoms with E-state index in [-0.39, 0.29) is 24.0 Å². The van der Waals surface area contributed by atoms with Gasteiger partial charge in [0.15, 0.2) is 17.5 Å². The van der Waals surface area contributed by atoms with Crippen LogP contribution < -0.4 is 5.32 Å². The van der Waals surface area contributed by atoms with Gasteiger partial charge in [-0.3, -0.25) is 9.48 Å². The zero-order chi connectivity index (χ0) is 26.3. The molecule has 1 aliphatic rings. The molecule has 3 heterocycles. The number of nitrogens with zero attached hydrogens (tertiary/aromatic N) is 5. The summed E-state index contributed by atoms with van der Waals surface area (Å²) in [6.45, 7) is 0.116. The van der Waals surface area contributed by atoms with Crippen LogP contribution in [0.2, 0.25) is 0 Å². The Morgan fingerprint density at radius 2 is 1.84 bits per heavy atom. The Kier molecular flexibility index (Phi) is 5.67. The maximum absolute atomic E-state index is 14.6. The number of benzene rings is 2. The van der Waals surface area contributed by atoms with E-state index >= 15 is 0 Å². The molecule has 0 spiro atoms. The number of carboxylic acids is 1. The SMILES string of the molecule is O=C(O)C1(c2ccc(Nc3nc(-c4cc(-c5ccon5)n(Cc5ccccc5F)n4)ncc3F)cc2)CC1. The molecule has 1 saturated carbocycles. The lowest BCUT2D eigenvalue weighted by molar-refractivity contribution is -0.140. The highest BCUT2D eigenvalue weighted by molar-refractivity contribution is 5.85. The quantitative estimate of drug-likeness (QED) is 0.291. The number of anilines is 2. The second-order valence-electron chi connectivity index (χ2n) is 9.03. The van der Waals surface area contributed by atoms with Gasteiger partial charge in [0.25, 0.3) is 0 Å². The standard InChI is InChI=1S/C27H20F2N6O3/c28-19-4-2-1-3-16(19)15-35-23(21-9-12-38-34-21)13-22(33-35)25-30-14-20(29)24(32-25)31-18-7-5-17(6-8-18)27(10-11-27)26(36)37/h1-9,12-14H,10-11,15H2,(H,36,37)(H,30,31,32). The smallest absolute Gasteiger partial charge is 0.314 e. The van der Waals surface area contributed by atoms with Gasteiger partial charge in [0.2, 0.25) is 0 Å². The number of aliphatic carboxylic acids is 1. The van der Waals surface area contributed by atoms with Crippen molar-refractivity contribution in [3.8, 4) is 22.9 Å². The number of aromatic nitrogens is 5. The summed E-state index contributed by atoms with van der Waals surface area (Å²) in [6.07, 6.45) is 3.64. The Labute approximate surface area is 214 Å². The second-order valence-corrected chi connectivity index (χ2v) is 9.03. The summed E-state index contributed by atoms with van der Waals surface area (Å²) in [4.78, 5) is 20.0. The number of carbonyl (C=O) groups is 1. The number of nitrogens with one attached hydrogen (secondary N) is 1. The molecule has 38 heavy (non-hydrogen) atoms. The monoisotopic (exact) mass is 514 g/mol. The first-order valence-electron chi connectivity index (χ1n) is 11.8. The van der Waals surface area contributed by atoms with Gasteiger partial charge in [-0.2, -0.15) is 5.10 Å². The molecule has 1 aliphatic carbocycles. The van der Waals surface area contributed by atoms with Crippen LogP contribution in [0.15, 0.2) is 77.6 Å². The molecule has 0 unspecified atom stereocenters. The molecule has 11 heteroatoms. The van der Waals surface area contributed by atoms with Crippen molar-refractivity contribution < 1.29 is 23.2 Å². The summed E-state index contributed by atoms with van der Waals surface area (Å²) < 4.78 is 35.5. The summed E-state index contributed by atoms with van der Waals surface area (Å²) in [5.74, 6) is -1.82. The average molecular weight is 514 g/mol. The maximum Gasteiger partial charge on any atom is 0.314 e. The average Bonchev–Trinajstić information content (AvgIpc) is 3.35. The van der Waals surface area contributed by atoms with E-state index in [2.05, 4.69) is 25.5 Å². The van der Waals surface area contributed by atoms with Crippen LogP contribution in [0.5, 0.6) is 0 Å². The second kappa shape index (κ2) is 9.18. The van der Waals surface area contributed by atoms with Gasteiger partial charge in [-0.25, -0.2) is 18.7 Å². The Hall–Kier alpha value is -4.93. The minimum atomic E-state index is -0.843. The minimum absolute atomic E-state index is 0.0752. The summed E-state index contributed by atoms with van der Waals surface area (Å²) in [6, 6.07) is 16.5. The molecule has 2 N–H and O–H groups in total. The molecule has 0 radical (unpaired) electrons. The molecule has 0 bridgehead atoms. The van der Waals surface area contributed by atoms with Crippen molar-refractivity contribution in [3.63, 3.8) is 0 Å². The molecular weight excluding hydrogens is 494 g/mol. The largest absolute Gasteiger partial charge is 0.481 e. The molecule has 190 valence electrons. The van der Waals surface area contributed by atoms with E-state index < -0.39 is 17.2 Å². The third-order valence-electron chi connectivity index (χ3n) is 6.59. The van der Waals surface area contributed by atoms with Crippen molar-refractivity contribution in [1.29, 1.82) is 0 Å². The minimum Gasteiger partial charge on any atom is -0.481 e. The van der Waals surface area contributed by atoms with E-state index in [0.717, 1.165) is 6.20 Å². The Morgan fingerprint density at radius 3 is 2.53 bits per heavy atom. The van der Waals surface area contributed by atoms with Crippen LogP contribution in [-0.2, 0) is 16.8 Å². The highest BCUT2D eigenvalue weighted by atomic mass is 19.1. The fourth-order valence-corrected chi connectivity index (χ4v) is 4.32. The van der Waals surface area contributed by atoms with Crippen molar-refractivity contribution >= 4 is 17.5 Å². The van der Waals surface area contributed by atoms with Gasteiger partial charge in [-0.1, -0.05) is 35.5 Å². The van der Waals surface area contributed by atoms with Crippen molar-refractivity contribution in [1.82, 2.24) is 24.9 Å². The normalized spacial score (nSPS) is 13.8. The summed E-state index contributed by atoms with van der Waals surface area (Å²) >= 11 is 0. The van der Waals surface area contributed by atoms with Gasteiger partial charge in [0, 0.05) is 17.3 Å². The first-order chi connectivity index (χ1) is 18.4. The molecule has 0 atom stereocenters. The lowest BCUT2D eigenvalue weighted by Gasteiger charge is -2.12. The summed E-state index contributed by atoms with van der Waals surface area (Å²) in [5, 5.41) is 20.9. The van der Waals surface area contributed by atoms with E-state index in [0.29, 0.717) is 46.7 Å². The van der Waals surface area contributed by atoms with Crippen LogP contribution >= 0.6 is 0 Å². The lowest BCUT2D eigenvalue weighted by Crippen LogP contribution is -2.19. The van der Waals surface area contributed by atoms with Gasteiger partial charge >= 0.3 is 5.97 Å². The van der Waals surface area contributed by atoms with E-state index in [4.69, 9.17) is 4.52 Å². The number of hydrogen-bond donors (Lipinski definition) is 2. The third kappa shape index (κ3) is 4.27. The van der Waals surface area contributed by atoms with Gasteiger partial charge in [0.05, 0.1) is 23.9 Å². The molecule has 0 aliphatic heterocycles. The van der Waals surface area contributed by atoms with E-state index in [9.17, 15) is 18.7 Å². The van der Waals surface area contributed by atoms with Crippen LogP contribution in [0, 0.1) is 11.6 Å². The first kappa shape index (κ1) is 23.5. The number of carboxylic acid groups (broad SMARTS) is 1. The number of rotatable bonds is 8. The lowest BCUT2D eigenvalue weighted by atomic mass is 9.96. The Morgan fingerprint density at radius 1 is 1.05 bits per heavy atom. The topological polar surface area (TPSA) is 119 Å². The van der Waals surface area contributed by atoms with Crippen molar-refractivity contribution in [3.05, 3.63) is 95.9 Å². The molecule has 6 rings (SSSR count). The van der Waals surface area contributed by atoms with E-state index in [1.807, 2.05) is 0 Å². The maximum atomic E-state index is 14.6. The predicted octanol–water partition coefficient (Wildman–Crippen LogP) is 5.18. The molecule has 0 saturated heterocycles. The number of halogens is 2.